The number of hydrogen-bond acceptors (Lipinski definition) is 3. The van der Waals surface area contributed by atoms with Crippen molar-refractivity contribution in [3.8, 4) is 0 Å². The molecule has 2 aromatic carbocycles. The minimum atomic E-state index is -3.81. The maximum Gasteiger partial charge on any atom is 0.304 e. The number of rotatable bonds is 2. The highest BCUT2D eigenvalue weighted by atomic mass is 32.2. The number of benzene rings is 2. The molecule has 1 amide bonds. The highest BCUT2D eigenvalue weighted by Crippen LogP contribution is 2.25. The third kappa shape index (κ3) is 2.75. The second-order valence-corrected chi connectivity index (χ2v) is 6.92. The lowest BCUT2D eigenvalue weighted by Gasteiger charge is -2.14. The third-order valence-electron chi connectivity index (χ3n) is 3.66. The van der Waals surface area contributed by atoms with Gasteiger partial charge in [0.1, 0.15) is 0 Å². The van der Waals surface area contributed by atoms with E-state index in [0.717, 1.165) is 15.4 Å². The molecule has 5 nitrogen and oxygen atoms in total. The van der Waals surface area contributed by atoms with Gasteiger partial charge < -0.3 is 0 Å². The maximum atomic E-state index is 12.5. The van der Waals surface area contributed by atoms with Gasteiger partial charge in [0.15, 0.2) is 0 Å². The zero-order valence-electron chi connectivity index (χ0n) is 12.1. The number of carbonyl (C=O) groups is 1. The summed E-state index contributed by atoms with van der Waals surface area (Å²) in [6.07, 6.45) is 0. The Morgan fingerprint density at radius 1 is 1.09 bits per heavy atom. The van der Waals surface area contributed by atoms with Crippen molar-refractivity contribution in [1.82, 2.24) is 9.03 Å². The molecule has 1 saturated heterocycles. The Morgan fingerprint density at radius 2 is 1.73 bits per heavy atom. The molecule has 0 aromatic heterocycles. The molecule has 0 spiro atoms. The van der Waals surface area contributed by atoms with E-state index in [9.17, 15) is 13.2 Å². The topological polar surface area (TPSA) is 66.5 Å². The predicted octanol–water partition coefficient (Wildman–Crippen LogP) is 2.03. The van der Waals surface area contributed by atoms with Crippen molar-refractivity contribution in [2.45, 2.75) is 13.0 Å². The molecule has 2 aromatic rings. The van der Waals surface area contributed by atoms with Gasteiger partial charge in [-0.1, -0.05) is 48.0 Å². The first-order valence-corrected chi connectivity index (χ1v) is 8.37. The van der Waals surface area contributed by atoms with Crippen LogP contribution in [0.4, 0.5) is 0 Å². The monoisotopic (exact) mass is 316 g/mol. The first-order valence-electron chi connectivity index (χ1n) is 6.93. The smallest absolute Gasteiger partial charge is 0.268 e. The van der Waals surface area contributed by atoms with Gasteiger partial charge in [-0.2, -0.15) is 13.1 Å². The van der Waals surface area contributed by atoms with Crippen LogP contribution in [0.5, 0.6) is 0 Å². The van der Waals surface area contributed by atoms with Crippen LogP contribution >= 0.6 is 0 Å². The van der Waals surface area contributed by atoms with Crippen molar-refractivity contribution < 1.29 is 13.2 Å². The van der Waals surface area contributed by atoms with Gasteiger partial charge >= 0.3 is 10.2 Å². The molecule has 1 atom stereocenters. The molecule has 0 bridgehead atoms. The number of hydrogen-bond donors (Lipinski definition) is 1. The Labute approximate surface area is 129 Å². The molecule has 1 N–H and O–H groups in total. The molecule has 1 heterocycles. The zero-order chi connectivity index (χ0) is 15.7. The SMILES string of the molecule is Cc1ccc(C(=O)N2CC(c3ccccc3)NS2(=O)=O)cc1. The lowest BCUT2D eigenvalue weighted by atomic mass is 10.1. The van der Waals surface area contributed by atoms with E-state index >= 15 is 0 Å². The lowest BCUT2D eigenvalue weighted by molar-refractivity contribution is 0.0867. The van der Waals surface area contributed by atoms with Crippen LogP contribution in [0.2, 0.25) is 0 Å². The number of carbonyl (C=O) groups excluding carboxylic acids is 1. The van der Waals surface area contributed by atoms with Crippen LogP contribution < -0.4 is 4.72 Å². The molecule has 1 aliphatic rings. The summed E-state index contributed by atoms with van der Waals surface area (Å²) in [7, 11) is -3.81. The van der Waals surface area contributed by atoms with Gasteiger partial charge in [0.2, 0.25) is 0 Å². The van der Waals surface area contributed by atoms with E-state index in [1.807, 2.05) is 37.3 Å². The summed E-state index contributed by atoms with van der Waals surface area (Å²) in [5.41, 5.74) is 2.22. The Hall–Kier alpha value is -2.18. The second-order valence-electron chi connectivity index (χ2n) is 5.29. The number of nitrogens with one attached hydrogen (secondary N) is 1. The van der Waals surface area contributed by atoms with Crippen molar-refractivity contribution in [2.75, 3.05) is 6.54 Å². The van der Waals surface area contributed by atoms with E-state index < -0.39 is 22.2 Å². The highest BCUT2D eigenvalue weighted by Gasteiger charge is 2.39. The van der Waals surface area contributed by atoms with E-state index in [1.165, 1.54) is 0 Å². The van der Waals surface area contributed by atoms with Gasteiger partial charge in [-0.15, -0.1) is 0 Å². The van der Waals surface area contributed by atoms with Gasteiger partial charge in [0.25, 0.3) is 5.91 Å². The quantitative estimate of drug-likeness (QED) is 0.922. The summed E-state index contributed by atoms with van der Waals surface area (Å²) in [5, 5.41) is 0. The fourth-order valence-electron chi connectivity index (χ4n) is 2.44. The highest BCUT2D eigenvalue weighted by molar-refractivity contribution is 7.88. The normalized spacial score (nSPS) is 20.0. The predicted molar refractivity (Wildman–Crippen MR) is 83.5 cm³/mol. The zero-order valence-corrected chi connectivity index (χ0v) is 12.9. The van der Waals surface area contributed by atoms with Crippen molar-refractivity contribution in [3.63, 3.8) is 0 Å². The fourth-order valence-corrected chi connectivity index (χ4v) is 3.80. The summed E-state index contributed by atoms with van der Waals surface area (Å²) < 4.78 is 27.9. The molecular formula is C16H16N2O3S. The van der Waals surface area contributed by atoms with Crippen molar-refractivity contribution >= 4 is 16.1 Å². The average Bonchev–Trinajstić information content (AvgIpc) is 2.84. The Balaban J connectivity index is 1.88. The minimum absolute atomic E-state index is 0.0963. The van der Waals surface area contributed by atoms with E-state index in [1.54, 1.807) is 24.3 Å². The summed E-state index contributed by atoms with van der Waals surface area (Å²) in [6, 6.07) is 15.7. The Kier molecular flexibility index (Phi) is 3.72. The van der Waals surface area contributed by atoms with Gasteiger partial charge in [0.05, 0.1) is 12.6 Å². The van der Waals surface area contributed by atoms with E-state index in [0.29, 0.717) is 5.56 Å². The molecule has 114 valence electrons. The summed E-state index contributed by atoms with van der Waals surface area (Å²) in [4.78, 5) is 12.5. The first-order chi connectivity index (χ1) is 10.5. The van der Waals surface area contributed by atoms with Gasteiger partial charge in [-0.25, -0.2) is 4.31 Å². The Morgan fingerprint density at radius 3 is 2.36 bits per heavy atom. The number of nitrogens with zero attached hydrogens (tertiary/aromatic N) is 1. The number of amides is 1. The van der Waals surface area contributed by atoms with Crippen molar-refractivity contribution in [2.24, 2.45) is 0 Å². The van der Waals surface area contributed by atoms with Crippen molar-refractivity contribution in [3.05, 3.63) is 71.3 Å². The molecule has 3 rings (SSSR count). The molecule has 0 aliphatic carbocycles. The van der Waals surface area contributed by atoms with E-state index in [2.05, 4.69) is 4.72 Å². The van der Waals surface area contributed by atoms with Crippen molar-refractivity contribution in [1.29, 1.82) is 0 Å². The van der Waals surface area contributed by atoms with Crippen LogP contribution in [0.25, 0.3) is 0 Å². The molecule has 0 saturated carbocycles. The molecule has 1 fully saturated rings. The van der Waals surface area contributed by atoms with Crippen LogP contribution in [0.1, 0.15) is 27.5 Å². The van der Waals surface area contributed by atoms with Crippen LogP contribution in [-0.2, 0) is 10.2 Å². The minimum Gasteiger partial charge on any atom is -0.268 e. The van der Waals surface area contributed by atoms with Crippen LogP contribution in [-0.4, -0.2) is 25.2 Å². The molecule has 1 aliphatic heterocycles. The average molecular weight is 316 g/mol. The molecule has 6 heteroatoms. The largest absolute Gasteiger partial charge is 0.304 e. The third-order valence-corrected chi connectivity index (χ3v) is 5.13. The molecular weight excluding hydrogens is 300 g/mol. The van der Waals surface area contributed by atoms with Crippen LogP contribution in [0, 0.1) is 6.92 Å². The maximum absolute atomic E-state index is 12.5. The van der Waals surface area contributed by atoms with Crippen LogP contribution in [0.15, 0.2) is 54.6 Å². The summed E-state index contributed by atoms with van der Waals surface area (Å²) in [5.74, 6) is -0.508. The second kappa shape index (κ2) is 5.55. The van der Waals surface area contributed by atoms with Gasteiger partial charge in [0, 0.05) is 5.56 Å². The lowest BCUT2D eigenvalue weighted by Crippen LogP contribution is -2.35. The summed E-state index contributed by atoms with van der Waals surface area (Å²) >= 11 is 0. The first kappa shape index (κ1) is 14.7. The summed E-state index contributed by atoms with van der Waals surface area (Å²) in [6.45, 7) is 2.01. The number of aryl methyl sites for hydroxylation is 1. The van der Waals surface area contributed by atoms with Crippen LogP contribution in [0.3, 0.4) is 0 Å². The fraction of sp³-hybridized carbons (Fsp3) is 0.188. The van der Waals surface area contributed by atoms with E-state index in [-0.39, 0.29) is 6.54 Å². The molecule has 1 unspecified atom stereocenters. The standard InChI is InChI=1S/C16H16N2O3S/c1-12-7-9-14(10-8-12)16(19)18-11-15(17-22(18,20)21)13-5-3-2-4-6-13/h2-10,15,17H,11H2,1H3. The van der Waals surface area contributed by atoms with Gasteiger partial charge in [-0.05, 0) is 24.6 Å². The van der Waals surface area contributed by atoms with E-state index in [4.69, 9.17) is 0 Å². The Bertz CT molecular complexity index is 786. The molecule has 0 radical (unpaired) electrons. The van der Waals surface area contributed by atoms with Gasteiger partial charge in [-0.3, -0.25) is 4.79 Å². The molecule has 22 heavy (non-hydrogen) atoms.